The molecule has 3 heteroatoms. The molecule has 32 heavy (non-hydrogen) atoms. The Bertz CT molecular complexity index is 751. The molecule has 13 atom stereocenters. The molecule has 182 valence electrons. The Morgan fingerprint density at radius 3 is 2.47 bits per heavy atom. The highest BCUT2D eigenvalue weighted by Gasteiger charge is 2.76. The van der Waals surface area contributed by atoms with Crippen LogP contribution < -0.4 is 0 Å². The quantitative estimate of drug-likeness (QED) is 0.512. The van der Waals surface area contributed by atoms with Gasteiger partial charge in [-0.25, -0.2) is 0 Å². The third-order valence-electron chi connectivity index (χ3n) is 12.6. The second-order valence-corrected chi connectivity index (χ2v) is 13.9. The summed E-state index contributed by atoms with van der Waals surface area (Å²) < 4.78 is 12.9. The molecular formula is C29H48O3. The van der Waals surface area contributed by atoms with Gasteiger partial charge in [0.05, 0.1) is 24.4 Å². The molecule has 1 spiro atoms. The molecule has 6 aliphatic rings. The van der Waals surface area contributed by atoms with Crippen molar-refractivity contribution in [3.63, 3.8) is 0 Å². The molecule has 0 aromatic heterocycles. The van der Waals surface area contributed by atoms with E-state index in [9.17, 15) is 5.11 Å². The molecule has 6 fully saturated rings. The van der Waals surface area contributed by atoms with E-state index in [1.165, 1.54) is 44.9 Å². The predicted octanol–water partition coefficient (Wildman–Crippen LogP) is 6.22. The van der Waals surface area contributed by atoms with Crippen LogP contribution in [0.3, 0.4) is 0 Å². The monoisotopic (exact) mass is 444 g/mol. The highest BCUT2D eigenvalue weighted by atomic mass is 16.6. The van der Waals surface area contributed by atoms with Crippen LogP contribution in [0, 0.1) is 52.3 Å². The van der Waals surface area contributed by atoms with E-state index < -0.39 is 0 Å². The van der Waals surface area contributed by atoms with Crippen molar-refractivity contribution in [1.29, 1.82) is 0 Å². The number of ether oxygens (including phenoxy) is 2. The van der Waals surface area contributed by atoms with Crippen LogP contribution in [0.4, 0.5) is 0 Å². The maximum atomic E-state index is 10.4. The van der Waals surface area contributed by atoms with Crippen LogP contribution in [0.25, 0.3) is 0 Å². The van der Waals surface area contributed by atoms with Crippen molar-refractivity contribution >= 4 is 0 Å². The second kappa shape index (κ2) is 7.20. The van der Waals surface area contributed by atoms with E-state index in [2.05, 4.69) is 41.5 Å². The highest BCUT2D eigenvalue weighted by Crippen LogP contribution is 2.74. The molecule has 2 saturated heterocycles. The average molecular weight is 445 g/mol. The summed E-state index contributed by atoms with van der Waals surface area (Å²) >= 11 is 0. The minimum atomic E-state index is -0.139. The van der Waals surface area contributed by atoms with Gasteiger partial charge in [-0.15, -0.1) is 0 Å². The zero-order valence-corrected chi connectivity index (χ0v) is 21.5. The number of hydrogen-bond donors (Lipinski definition) is 1. The number of fused-ring (bicyclic) bond motifs is 4. The first-order valence-electron chi connectivity index (χ1n) is 14.2. The number of hydrogen-bond acceptors (Lipinski definition) is 3. The fraction of sp³-hybridized carbons (Fsp3) is 1.00. The molecule has 1 N–H and O–H groups in total. The molecule has 0 bridgehead atoms. The lowest BCUT2D eigenvalue weighted by Crippen LogP contribution is -2.58. The van der Waals surface area contributed by atoms with Gasteiger partial charge in [-0.1, -0.05) is 48.0 Å². The first-order valence-corrected chi connectivity index (χ1v) is 14.2. The Morgan fingerprint density at radius 2 is 1.75 bits per heavy atom. The van der Waals surface area contributed by atoms with E-state index in [0.717, 1.165) is 48.3 Å². The number of epoxide rings is 2. The van der Waals surface area contributed by atoms with Crippen LogP contribution in [0.1, 0.15) is 99.3 Å². The average Bonchev–Trinajstić information content (AvgIpc) is 3.62. The third kappa shape index (κ3) is 2.83. The number of rotatable bonds is 5. The molecule has 4 aliphatic carbocycles. The lowest BCUT2D eigenvalue weighted by molar-refractivity contribution is -0.117. The summed E-state index contributed by atoms with van der Waals surface area (Å²) in [6.45, 7) is 14.8. The van der Waals surface area contributed by atoms with Crippen molar-refractivity contribution in [2.75, 3.05) is 0 Å². The molecule has 2 aliphatic heterocycles. The standard InChI is InChI=1S/C29H48O3/c1-7-19(16(2)3)26-25(31-26)17(4)21-8-9-22-20-14-24-29(32-24)15-18(30)10-13-28(29,6)23(20)11-12-27(21,22)5/h16-26,30H,7-15H2,1-6H3/t17-,18-,19-,20-,21+,22-,23-,24+,25?,26?,27+,28+,29+/m0/s1. The van der Waals surface area contributed by atoms with Crippen LogP contribution in [-0.4, -0.2) is 35.1 Å². The largest absolute Gasteiger partial charge is 0.393 e. The summed E-state index contributed by atoms with van der Waals surface area (Å²) in [7, 11) is 0. The van der Waals surface area contributed by atoms with E-state index in [4.69, 9.17) is 9.47 Å². The van der Waals surface area contributed by atoms with Crippen molar-refractivity contribution in [3.8, 4) is 0 Å². The summed E-state index contributed by atoms with van der Waals surface area (Å²) in [4.78, 5) is 0. The molecule has 3 nitrogen and oxygen atoms in total. The lowest BCUT2D eigenvalue weighted by atomic mass is 9.44. The molecule has 0 aromatic rings. The fourth-order valence-corrected chi connectivity index (χ4v) is 10.8. The van der Waals surface area contributed by atoms with Gasteiger partial charge < -0.3 is 14.6 Å². The Kier molecular flexibility index (Phi) is 5.03. The SMILES string of the molecule is CC[C@@H](C(C)C)C1OC1[C@@H](C)[C@H]1CC[C@H]2[C@@H]3C[C@H]4O[C@]45C[C@@H](O)CC[C@]5(C)[C@H]3CC[C@]12C. The molecule has 2 unspecified atom stereocenters. The van der Waals surface area contributed by atoms with E-state index in [-0.39, 0.29) is 11.7 Å². The Labute approximate surface area is 196 Å². The van der Waals surface area contributed by atoms with Gasteiger partial charge in [0.2, 0.25) is 0 Å². The topological polar surface area (TPSA) is 45.3 Å². The minimum Gasteiger partial charge on any atom is -0.393 e. The van der Waals surface area contributed by atoms with Crippen molar-refractivity contribution in [2.45, 2.75) is 129 Å². The van der Waals surface area contributed by atoms with Crippen molar-refractivity contribution in [3.05, 3.63) is 0 Å². The summed E-state index contributed by atoms with van der Waals surface area (Å²) in [6, 6.07) is 0. The zero-order chi connectivity index (χ0) is 22.6. The van der Waals surface area contributed by atoms with E-state index in [1.807, 2.05) is 0 Å². The molecular weight excluding hydrogens is 396 g/mol. The maximum absolute atomic E-state index is 10.4. The Morgan fingerprint density at radius 1 is 0.969 bits per heavy atom. The van der Waals surface area contributed by atoms with Crippen LogP contribution in [0.5, 0.6) is 0 Å². The lowest BCUT2D eigenvalue weighted by Gasteiger charge is -2.59. The van der Waals surface area contributed by atoms with Crippen LogP contribution in [0.15, 0.2) is 0 Å². The summed E-state index contributed by atoms with van der Waals surface area (Å²) in [5.41, 5.74) is 0.795. The normalized spacial score (nSPS) is 57.8. The molecule has 6 rings (SSSR count). The van der Waals surface area contributed by atoms with Crippen molar-refractivity contribution < 1.29 is 14.6 Å². The number of aliphatic hydroxyl groups excluding tert-OH is 1. The van der Waals surface area contributed by atoms with Gasteiger partial charge >= 0.3 is 0 Å². The van der Waals surface area contributed by atoms with Gasteiger partial charge in [0.25, 0.3) is 0 Å². The summed E-state index contributed by atoms with van der Waals surface area (Å²) in [5.74, 6) is 5.46. The van der Waals surface area contributed by atoms with Crippen molar-refractivity contribution in [1.82, 2.24) is 0 Å². The Balaban J connectivity index is 1.21. The molecule has 0 aromatic carbocycles. The zero-order valence-electron chi connectivity index (χ0n) is 21.5. The van der Waals surface area contributed by atoms with Gasteiger partial charge in [0.1, 0.15) is 5.60 Å². The van der Waals surface area contributed by atoms with Crippen molar-refractivity contribution in [2.24, 2.45) is 52.3 Å². The summed E-state index contributed by atoms with van der Waals surface area (Å²) in [6.07, 6.45) is 12.5. The Hall–Kier alpha value is -0.120. The van der Waals surface area contributed by atoms with E-state index in [1.54, 1.807) is 0 Å². The smallest absolute Gasteiger partial charge is 0.103 e. The third-order valence-corrected chi connectivity index (χ3v) is 12.6. The molecule has 4 saturated carbocycles. The van der Waals surface area contributed by atoms with Crippen LogP contribution in [-0.2, 0) is 9.47 Å². The fourth-order valence-electron chi connectivity index (χ4n) is 10.8. The first-order chi connectivity index (χ1) is 15.2. The summed E-state index contributed by atoms with van der Waals surface area (Å²) in [5, 5.41) is 10.4. The second-order valence-electron chi connectivity index (χ2n) is 13.9. The predicted molar refractivity (Wildman–Crippen MR) is 127 cm³/mol. The van der Waals surface area contributed by atoms with Gasteiger partial charge in [0.15, 0.2) is 0 Å². The molecule has 0 radical (unpaired) electrons. The maximum Gasteiger partial charge on any atom is 0.103 e. The first kappa shape index (κ1) is 22.4. The molecule has 0 amide bonds. The van der Waals surface area contributed by atoms with Crippen LogP contribution in [0.2, 0.25) is 0 Å². The minimum absolute atomic E-state index is 0.0198. The van der Waals surface area contributed by atoms with Gasteiger partial charge in [-0.2, -0.15) is 0 Å². The van der Waals surface area contributed by atoms with Gasteiger partial charge in [-0.05, 0) is 91.8 Å². The van der Waals surface area contributed by atoms with Crippen LogP contribution >= 0.6 is 0 Å². The molecule has 2 heterocycles. The highest BCUT2D eigenvalue weighted by molar-refractivity contribution is 5.24. The van der Waals surface area contributed by atoms with Gasteiger partial charge in [-0.3, -0.25) is 0 Å². The number of aliphatic hydroxyl groups is 1. The van der Waals surface area contributed by atoms with E-state index >= 15 is 0 Å². The van der Waals surface area contributed by atoms with E-state index in [0.29, 0.717) is 35.1 Å². The van der Waals surface area contributed by atoms with Gasteiger partial charge in [0, 0.05) is 11.8 Å².